The van der Waals surface area contributed by atoms with Crippen molar-refractivity contribution >= 4 is 5.97 Å². The maximum atomic E-state index is 14.2. The topological polar surface area (TPSA) is 84.0 Å². The molecule has 1 saturated heterocycles. The molecule has 0 radical (unpaired) electrons. The molecular formula is C12H19F2N5O2. The summed E-state index contributed by atoms with van der Waals surface area (Å²) in [6.45, 7) is 2.24. The van der Waals surface area contributed by atoms with E-state index in [-0.39, 0.29) is 31.6 Å². The van der Waals surface area contributed by atoms with Crippen molar-refractivity contribution in [2.75, 3.05) is 20.2 Å². The van der Waals surface area contributed by atoms with Crippen LogP contribution in [0.4, 0.5) is 8.78 Å². The first kappa shape index (κ1) is 15.7. The van der Waals surface area contributed by atoms with Gasteiger partial charge in [-0.1, -0.05) is 5.21 Å². The van der Waals surface area contributed by atoms with E-state index in [1.807, 2.05) is 0 Å². The minimum atomic E-state index is -2.81. The third kappa shape index (κ3) is 3.72. The Bertz CT molecular complexity index is 468. The third-order valence-electron chi connectivity index (χ3n) is 4.00. The Morgan fingerprint density at radius 1 is 1.57 bits per heavy atom. The van der Waals surface area contributed by atoms with E-state index in [9.17, 15) is 13.6 Å². The van der Waals surface area contributed by atoms with Gasteiger partial charge in [0, 0.05) is 25.3 Å². The summed E-state index contributed by atoms with van der Waals surface area (Å²) in [7, 11) is 1.30. The minimum absolute atomic E-state index is 0.0734. The number of hydrogen-bond donors (Lipinski definition) is 1. The van der Waals surface area contributed by atoms with Gasteiger partial charge in [0.05, 0.1) is 7.11 Å². The molecule has 1 aliphatic heterocycles. The quantitative estimate of drug-likeness (QED) is 0.822. The van der Waals surface area contributed by atoms with Crippen molar-refractivity contribution in [1.82, 2.24) is 25.5 Å². The lowest BCUT2D eigenvalue weighted by Crippen LogP contribution is -2.40. The highest BCUT2D eigenvalue weighted by molar-refractivity contribution is 5.75. The van der Waals surface area contributed by atoms with Crippen molar-refractivity contribution in [3.05, 3.63) is 5.82 Å². The van der Waals surface area contributed by atoms with Crippen LogP contribution < -0.4 is 0 Å². The van der Waals surface area contributed by atoms with E-state index in [0.717, 1.165) is 0 Å². The SMILES string of the molecule is COC(=O)C(C)N1CCC(Cc2nn[nH]n2)C(F)(F)CC1. The average Bonchev–Trinajstić information content (AvgIpc) is 2.92. The lowest BCUT2D eigenvalue weighted by molar-refractivity contribution is -0.146. The largest absolute Gasteiger partial charge is 0.468 e. The van der Waals surface area contributed by atoms with Crippen LogP contribution in [0.15, 0.2) is 0 Å². The molecule has 1 aliphatic rings. The molecule has 2 heterocycles. The summed E-state index contributed by atoms with van der Waals surface area (Å²) in [5.74, 6) is -3.79. The zero-order valence-corrected chi connectivity index (χ0v) is 12.1. The van der Waals surface area contributed by atoms with Gasteiger partial charge < -0.3 is 4.74 Å². The van der Waals surface area contributed by atoms with Crippen LogP contribution in [-0.2, 0) is 16.0 Å². The second-order valence-corrected chi connectivity index (χ2v) is 5.26. The maximum Gasteiger partial charge on any atom is 0.322 e. The average molecular weight is 303 g/mol. The minimum Gasteiger partial charge on any atom is -0.468 e. The zero-order valence-electron chi connectivity index (χ0n) is 12.1. The molecule has 0 bridgehead atoms. The summed E-state index contributed by atoms with van der Waals surface area (Å²) in [6.07, 6.45) is 0.0453. The fraction of sp³-hybridized carbons (Fsp3) is 0.833. The molecule has 1 aromatic heterocycles. The molecule has 2 atom stereocenters. The lowest BCUT2D eigenvalue weighted by atomic mass is 9.93. The van der Waals surface area contributed by atoms with Gasteiger partial charge in [0.2, 0.25) is 0 Å². The number of halogens is 2. The third-order valence-corrected chi connectivity index (χ3v) is 4.00. The Morgan fingerprint density at radius 2 is 2.33 bits per heavy atom. The summed E-state index contributed by atoms with van der Waals surface area (Å²) in [4.78, 5) is 13.3. The molecule has 2 unspecified atom stereocenters. The fourth-order valence-electron chi connectivity index (χ4n) is 2.59. The molecule has 1 aromatic rings. The number of likely N-dealkylation sites (tertiary alicyclic amines) is 1. The Hall–Kier alpha value is -1.64. The zero-order chi connectivity index (χ0) is 15.5. The Kier molecular flexibility index (Phi) is 4.81. The smallest absolute Gasteiger partial charge is 0.322 e. The molecule has 0 saturated carbocycles. The van der Waals surface area contributed by atoms with Gasteiger partial charge in [0.1, 0.15) is 6.04 Å². The monoisotopic (exact) mass is 303 g/mol. The number of nitrogens with zero attached hydrogens (tertiary/aromatic N) is 4. The predicted molar refractivity (Wildman–Crippen MR) is 68.6 cm³/mol. The number of nitrogens with one attached hydrogen (secondary N) is 1. The number of carbonyl (C=O) groups is 1. The lowest BCUT2D eigenvalue weighted by Gasteiger charge is -2.25. The highest BCUT2D eigenvalue weighted by atomic mass is 19.3. The van der Waals surface area contributed by atoms with Crippen molar-refractivity contribution in [2.24, 2.45) is 5.92 Å². The van der Waals surface area contributed by atoms with Crippen molar-refractivity contribution in [2.45, 2.75) is 38.2 Å². The number of hydrogen-bond acceptors (Lipinski definition) is 6. The van der Waals surface area contributed by atoms with E-state index in [2.05, 4.69) is 25.4 Å². The highest BCUT2D eigenvalue weighted by Gasteiger charge is 2.43. The van der Waals surface area contributed by atoms with E-state index < -0.39 is 23.9 Å². The van der Waals surface area contributed by atoms with Gasteiger partial charge in [0.15, 0.2) is 5.82 Å². The number of ether oxygens (including phenoxy) is 1. The molecule has 2 rings (SSSR count). The van der Waals surface area contributed by atoms with Gasteiger partial charge in [-0.05, 0) is 19.9 Å². The molecular weight excluding hydrogens is 284 g/mol. The summed E-state index contributed by atoms with van der Waals surface area (Å²) in [6, 6.07) is -0.519. The number of tetrazole rings is 1. The van der Waals surface area contributed by atoms with Crippen LogP contribution in [0.2, 0.25) is 0 Å². The van der Waals surface area contributed by atoms with Crippen molar-refractivity contribution in [3.63, 3.8) is 0 Å². The highest BCUT2D eigenvalue weighted by Crippen LogP contribution is 2.35. The van der Waals surface area contributed by atoms with E-state index in [1.165, 1.54) is 7.11 Å². The number of H-pyrrole nitrogens is 1. The van der Waals surface area contributed by atoms with Crippen LogP contribution in [0, 0.1) is 5.92 Å². The number of carbonyl (C=O) groups excluding carboxylic acids is 1. The van der Waals surface area contributed by atoms with Gasteiger partial charge in [-0.25, -0.2) is 8.78 Å². The van der Waals surface area contributed by atoms with E-state index >= 15 is 0 Å². The van der Waals surface area contributed by atoms with E-state index in [1.54, 1.807) is 11.8 Å². The van der Waals surface area contributed by atoms with Gasteiger partial charge in [0.25, 0.3) is 5.92 Å². The first-order chi connectivity index (χ1) is 9.94. The normalized spacial score (nSPS) is 24.3. The molecule has 0 amide bonds. The predicted octanol–water partition coefficient (Wildman–Crippen LogP) is 0.651. The Balaban J connectivity index is 2.03. The molecule has 7 nitrogen and oxygen atoms in total. The van der Waals surface area contributed by atoms with Crippen molar-refractivity contribution < 1.29 is 18.3 Å². The van der Waals surface area contributed by atoms with E-state index in [0.29, 0.717) is 6.54 Å². The summed E-state index contributed by atoms with van der Waals surface area (Å²) in [5, 5.41) is 13.1. The van der Waals surface area contributed by atoms with Crippen LogP contribution >= 0.6 is 0 Å². The molecule has 1 N–H and O–H groups in total. The molecule has 118 valence electrons. The first-order valence-corrected chi connectivity index (χ1v) is 6.86. The van der Waals surface area contributed by atoms with Crippen LogP contribution in [0.1, 0.15) is 25.6 Å². The van der Waals surface area contributed by atoms with Crippen molar-refractivity contribution in [1.29, 1.82) is 0 Å². The number of rotatable bonds is 4. The molecule has 0 aromatic carbocycles. The fourth-order valence-corrected chi connectivity index (χ4v) is 2.59. The van der Waals surface area contributed by atoms with Crippen LogP contribution in [0.3, 0.4) is 0 Å². The number of aromatic amines is 1. The van der Waals surface area contributed by atoms with Gasteiger partial charge in [-0.3, -0.25) is 9.69 Å². The number of esters is 1. The van der Waals surface area contributed by atoms with E-state index in [4.69, 9.17) is 0 Å². The van der Waals surface area contributed by atoms with Gasteiger partial charge >= 0.3 is 5.97 Å². The summed E-state index contributed by atoms with van der Waals surface area (Å²) >= 11 is 0. The molecule has 0 aliphatic carbocycles. The Labute approximate surface area is 121 Å². The number of alkyl halides is 2. The van der Waals surface area contributed by atoms with Crippen LogP contribution in [0.5, 0.6) is 0 Å². The number of methoxy groups -OCH3 is 1. The maximum absolute atomic E-state index is 14.2. The number of aromatic nitrogens is 4. The molecule has 0 spiro atoms. The van der Waals surface area contributed by atoms with Gasteiger partial charge in [-0.2, -0.15) is 5.21 Å². The second kappa shape index (κ2) is 6.42. The molecule has 21 heavy (non-hydrogen) atoms. The van der Waals surface area contributed by atoms with Crippen molar-refractivity contribution in [3.8, 4) is 0 Å². The standard InChI is InChI=1S/C12H19F2N5O2/c1-8(11(20)21-2)19-5-3-9(12(13,14)4-6-19)7-10-15-17-18-16-10/h8-9H,3-7H2,1-2H3,(H,15,16,17,18). The summed E-state index contributed by atoms with van der Waals surface area (Å²) in [5.41, 5.74) is 0. The second-order valence-electron chi connectivity index (χ2n) is 5.26. The van der Waals surface area contributed by atoms with Gasteiger partial charge in [-0.15, -0.1) is 10.2 Å². The molecule has 9 heteroatoms. The first-order valence-electron chi connectivity index (χ1n) is 6.86. The molecule has 1 fully saturated rings. The Morgan fingerprint density at radius 3 is 2.95 bits per heavy atom. The summed E-state index contributed by atoms with van der Waals surface area (Å²) < 4.78 is 33.1. The van der Waals surface area contributed by atoms with Crippen LogP contribution in [0.25, 0.3) is 0 Å². The van der Waals surface area contributed by atoms with Crippen LogP contribution in [-0.4, -0.2) is 63.7 Å².